The van der Waals surface area contributed by atoms with Crippen LogP contribution < -0.4 is 0 Å². The summed E-state index contributed by atoms with van der Waals surface area (Å²) in [7, 11) is 0. The van der Waals surface area contributed by atoms with E-state index in [-0.39, 0.29) is 5.57 Å². The first-order valence-corrected chi connectivity index (χ1v) is 4.69. The number of aryl methyl sites for hydroxylation is 1. The van der Waals surface area contributed by atoms with Gasteiger partial charge in [-0.05, 0) is 24.0 Å². The standard InChI is InChI=1S/C12H9NO2/c13-7-11-9-4-2-1-3-8(9)5-6-10(11)12(14)15/h1-4H,5-6H2,(H,14,15). The number of nitriles is 1. The number of carbonyl (C=O) groups is 1. The maximum absolute atomic E-state index is 10.9. The van der Waals surface area contributed by atoms with Crippen LogP contribution in [0.15, 0.2) is 29.8 Å². The van der Waals surface area contributed by atoms with Gasteiger partial charge in [0.25, 0.3) is 0 Å². The molecule has 0 atom stereocenters. The lowest BCUT2D eigenvalue weighted by Gasteiger charge is -2.16. The molecule has 1 aromatic carbocycles. The van der Waals surface area contributed by atoms with E-state index >= 15 is 0 Å². The molecule has 0 saturated heterocycles. The molecule has 0 unspecified atom stereocenters. The molecule has 0 aromatic heterocycles. The Morgan fingerprint density at radius 3 is 2.73 bits per heavy atom. The zero-order chi connectivity index (χ0) is 10.8. The molecule has 0 heterocycles. The first-order valence-electron chi connectivity index (χ1n) is 4.69. The molecule has 1 aliphatic rings. The van der Waals surface area contributed by atoms with Gasteiger partial charge in [0.15, 0.2) is 0 Å². The molecule has 1 N–H and O–H groups in total. The van der Waals surface area contributed by atoms with Crippen LogP contribution in [0.5, 0.6) is 0 Å². The first-order chi connectivity index (χ1) is 7.24. The molecule has 0 saturated carbocycles. The van der Waals surface area contributed by atoms with Crippen LogP contribution in [-0.4, -0.2) is 11.1 Å². The van der Waals surface area contributed by atoms with Crippen LogP contribution in [0, 0.1) is 11.3 Å². The van der Waals surface area contributed by atoms with Crippen LogP contribution in [0.3, 0.4) is 0 Å². The molecule has 0 fully saturated rings. The Labute approximate surface area is 87.3 Å². The van der Waals surface area contributed by atoms with Gasteiger partial charge in [-0.3, -0.25) is 0 Å². The van der Waals surface area contributed by atoms with Crippen molar-refractivity contribution in [2.45, 2.75) is 12.8 Å². The Bertz CT molecular complexity index is 495. The Balaban J connectivity index is 2.65. The molecule has 3 nitrogen and oxygen atoms in total. The van der Waals surface area contributed by atoms with Crippen molar-refractivity contribution in [3.05, 3.63) is 41.0 Å². The normalized spacial score (nSPS) is 14.3. The van der Waals surface area contributed by atoms with E-state index in [1.165, 1.54) is 0 Å². The molecular weight excluding hydrogens is 190 g/mol. The van der Waals surface area contributed by atoms with Crippen molar-refractivity contribution < 1.29 is 9.90 Å². The highest BCUT2D eigenvalue weighted by atomic mass is 16.4. The summed E-state index contributed by atoms with van der Waals surface area (Å²) in [5.74, 6) is -0.985. The number of nitrogens with zero attached hydrogens (tertiary/aromatic N) is 1. The summed E-state index contributed by atoms with van der Waals surface area (Å²) in [6.45, 7) is 0. The third-order valence-electron chi connectivity index (χ3n) is 2.60. The van der Waals surface area contributed by atoms with Gasteiger partial charge >= 0.3 is 5.97 Å². The summed E-state index contributed by atoms with van der Waals surface area (Å²) in [5.41, 5.74) is 2.36. The minimum absolute atomic E-state index is 0.233. The molecule has 74 valence electrons. The van der Waals surface area contributed by atoms with E-state index in [0.29, 0.717) is 18.4 Å². The van der Waals surface area contributed by atoms with Crippen LogP contribution >= 0.6 is 0 Å². The minimum atomic E-state index is -0.985. The van der Waals surface area contributed by atoms with Crippen molar-refractivity contribution in [1.29, 1.82) is 5.26 Å². The lowest BCUT2D eigenvalue weighted by Crippen LogP contribution is -2.11. The Morgan fingerprint density at radius 2 is 2.07 bits per heavy atom. The number of benzene rings is 1. The molecule has 1 aromatic rings. The van der Waals surface area contributed by atoms with E-state index in [0.717, 1.165) is 11.1 Å². The van der Waals surface area contributed by atoms with E-state index in [1.807, 2.05) is 24.3 Å². The number of carboxylic acids is 1. The van der Waals surface area contributed by atoms with Crippen LogP contribution in [0.2, 0.25) is 0 Å². The van der Waals surface area contributed by atoms with Gasteiger partial charge in [-0.15, -0.1) is 0 Å². The number of hydrogen-bond acceptors (Lipinski definition) is 2. The zero-order valence-corrected chi connectivity index (χ0v) is 8.03. The van der Waals surface area contributed by atoms with Crippen LogP contribution in [0.4, 0.5) is 0 Å². The van der Waals surface area contributed by atoms with E-state index in [2.05, 4.69) is 0 Å². The second-order valence-corrected chi connectivity index (χ2v) is 3.43. The van der Waals surface area contributed by atoms with Crippen LogP contribution in [0.1, 0.15) is 17.5 Å². The fraction of sp³-hybridized carbons (Fsp3) is 0.167. The smallest absolute Gasteiger partial charge is 0.332 e. The fourth-order valence-corrected chi connectivity index (χ4v) is 1.87. The lowest BCUT2D eigenvalue weighted by molar-refractivity contribution is -0.132. The summed E-state index contributed by atoms with van der Waals surface area (Å²) in [4.78, 5) is 10.9. The number of fused-ring (bicyclic) bond motifs is 1. The highest BCUT2D eigenvalue weighted by molar-refractivity contribution is 6.01. The van der Waals surface area contributed by atoms with E-state index < -0.39 is 5.97 Å². The number of carboxylic acid groups (broad SMARTS) is 1. The number of aliphatic carboxylic acids is 1. The van der Waals surface area contributed by atoms with Crippen molar-refractivity contribution in [2.24, 2.45) is 0 Å². The van der Waals surface area contributed by atoms with E-state index in [1.54, 1.807) is 6.07 Å². The van der Waals surface area contributed by atoms with Crippen LogP contribution in [-0.2, 0) is 11.2 Å². The Hall–Kier alpha value is -2.08. The third-order valence-corrected chi connectivity index (χ3v) is 2.60. The molecular formula is C12H9NO2. The van der Waals surface area contributed by atoms with Crippen molar-refractivity contribution in [2.75, 3.05) is 0 Å². The number of rotatable bonds is 1. The van der Waals surface area contributed by atoms with Crippen molar-refractivity contribution >= 4 is 11.5 Å². The monoisotopic (exact) mass is 199 g/mol. The van der Waals surface area contributed by atoms with E-state index in [9.17, 15) is 4.79 Å². The summed E-state index contributed by atoms with van der Waals surface area (Å²) < 4.78 is 0. The average molecular weight is 199 g/mol. The first kappa shape index (κ1) is 9.47. The predicted octanol–water partition coefficient (Wildman–Crippen LogP) is 1.99. The second kappa shape index (κ2) is 3.58. The molecule has 0 bridgehead atoms. The van der Waals surface area contributed by atoms with E-state index in [4.69, 9.17) is 10.4 Å². The Kier molecular flexibility index (Phi) is 2.26. The SMILES string of the molecule is N#CC1=C(C(=O)O)CCc2ccccc21. The maximum Gasteiger partial charge on any atom is 0.332 e. The van der Waals surface area contributed by atoms with Gasteiger partial charge in [0.1, 0.15) is 6.07 Å². The fourth-order valence-electron chi connectivity index (χ4n) is 1.87. The summed E-state index contributed by atoms with van der Waals surface area (Å²) in [6.07, 6.45) is 1.14. The number of allylic oxidation sites excluding steroid dienone is 1. The predicted molar refractivity (Wildman–Crippen MR) is 54.9 cm³/mol. The van der Waals surface area contributed by atoms with Crippen molar-refractivity contribution in [1.82, 2.24) is 0 Å². The largest absolute Gasteiger partial charge is 0.478 e. The van der Waals surface area contributed by atoms with Gasteiger partial charge in [-0.25, -0.2) is 4.79 Å². The average Bonchev–Trinajstić information content (AvgIpc) is 2.27. The van der Waals surface area contributed by atoms with Crippen molar-refractivity contribution in [3.63, 3.8) is 0 Å². The topological polar surface area (TPSA) is 61.1 Å². The molecule has 0 amide bonds. The van der Waals surface area contributed by atoms with Gasteiger partial charge < -0.3 is 5.11 Å². The van der Waals surface area contributed by atoms with Gasteiger partial charge in [0.2, 0.25) is 0 Å². The second-order valence-electron chi connectivity index (χ2n) is 3.43. The maximum atomic E-state index is 10.9. The summed E-state index contributed by atoms with van der Waals surface area (Å²) in [6, 6.07) is 9.45. The summed E-state index contributed by atoms with van der Waals surface area (Å²) >= 11 is 0. The van der Waals surface area contributed by atoms with Gasteiger partial charge in [0.05, 0.1) is 11.1 Å². The van der Waals surface area contributed by atoms with Crippen molar-refractivity contribution in [3.8, 4) is 6.07 Å². The molecule has 2 rings (SSSR count). The number of hydrogen-bond donors (Lipinski definition) is 1. The molecule has 0 radical (unpaired) electrons. The lowest BCUT2D eigenvalue weighted by atomic mass is 9.86. The highest BCUT2D eigenvalue weighted by Crippen LogP contribution is 2.30. The molecule has 1 aliphatic carbocycles. The molecule has 3 heteroatoms. The molecule has 15 heavy (non-hydrogen) atoms. The quantitative estimate of drug-likeness (QED) is 0.752. The van der Waals surface area contributed by atoms with Crippen LogP contribution in [0.25, 0.3) is 5.57 Å². The van der Waals surface area contributed by atoms with Gasteiger partial charge in [-0.1, -0.05) is 24.3 Å². The summed E-state index contributed by atoms with van der Waals surface area (Å²) in [5, 5.41) is 17.9. The molecule has 0 aliphatic heterocycles. The minimum Gasteiger partial charge on any atom is -0.478 e. The van der Waals surface area contributed by atoms with Gasteiger partial charge in [-0.2, -0.15) is 5.26 Å². The third kappa shape index (κ3) is 1.50. The molecule has 0 spiro atoms. The van der Waals surface area contributed by atoms with Gasteiger partial charge in [0, 0.05) is 0 Å². The Morgan fingerprint density at radius 1 is 1.33 bits per heavy atom. The zero-order valence-electron chi connectivity index (χ0n) is 8.03. The highest BCUT2D eigenvalue weighted by Gasteiger charge is 2.22.